The Labute approximate surface area is 151 Å². The second kappa shape index (κ2) is 7.53. The molecule has 7 heteroatoms. The summed E-state index contributed by atoms with van der Waals surface area (Å²) in [5.74, 6) is 0.738. The van der Waals surface area contributed by atoms with Crippen LogP contribution in [0, 0.1) is 0 Å². The highest BCUT2D eigenvalue weighted by Gasteiger charge is 2.19. The number of carbonyl (C=O) groups is 2. The first-order chi connectivity index (χ1) is 12.0. The molecule has 1 aliphatic heterocycles. The van der Waals surface area contributed by atoms with Gasteiger partial charge < -0.3 is 15.1 Å². The number of hydrogen-bond donors (Lipinski definition) is 1. The first-order valence-electron chi connectivity index (χ1n) is 8.06. The topological polar surface area (TPSA) is 65.5 Å². The summed E-state index contributed by atoms with van der Waals surface area (Å²) in [5, 5.41) is 3.40. The van der Waals surface area contributed by atoms with Crippen molar-refractivity contribution in [2.75, 3.05) is 36.4 Å². The molecule has 1 aromatic heterocycles. The maximum absolute atomic E-state index is 12.2. The van der Waals surface area contributed by atoms with Gasteiger partial charge in [-0.05, 0) is 36.4 Å². The van der Waals surface area contributed by atoms with Crippen molar-refractivity contribution in [1.82, 2.24) is 9.88 Å². The summed E-state index contributed by atoms with van der Waals surface area (Å²) in [4.78, 5) is 31.9. The average Bonchev–Trinajstić information content (AvgIpc) is 2.63. The second-order valence-corrected chi connectivity index (χ2v) is 6.30. The lowest BCUT2D eigenvalue weighted by Crippen LogP contribution is -2.48. The van der Waals surface area contributed by atoms with Crippen molar-refractivity contribution in [2.24, 2.45) is 0 Å². The van der Waals surface area contributed by atoms with E-state index in [1.807, 2.05) is 17.0 Å². The predicted octanol–water partition coefficient (Wildman–Crippen LogP) is 2.66. The largest absolute Gasteiger partial charge is 0.353 e. The van der Waals surface area contributed by atoms with Crippen LogP contribution in [-0.2, 0) is 4.79 Å². The number of pyridine rings is 1. The number of amides is 2. The number of carbonyl (C=O) groups excluding carboxylic acids is 2. The summed E-state index contributed by atoms with van der Waals surface area (Å²) in [7, 11) is 0. The fourth-order valence-corrected chi connectivity index (χ4v) is 2.83. The van der Waals surface area contributed by atoms with E-state index < -0.39 is 0 Å². The zero-order chi connectivity index (χ0) is 17.8. The van der Waals surface area contributed by atoms with E-state index in [-0.39, 0.29) is 11.8 Å². The van der Waals surface area contributed by atoms with Gasteiger partial charge in [-0.2, -0.15) is 0 Å². The lowest BCUT2D eigenvalue weighted by molar-refractivity contribution is -0.129. The van der Waals surface area contributed by atoms with Crippen LogP contribution >= 0.6 is 11.6 Å². The van der Waals surface area contributed by atoms with Crippen molar-refractivity contribution < 1.29 is 9.59 Å². The zero-order valence-electron chi connectivity index (χ0n) is 13.9. The summed E-state index contributed by atoms with van der Waals surface area (Å²) in [6, 6.07) is 10.4. The Morgan fingerprint density at radius 3 is 2.28 bits per heavy atom. The number of hydrogen-bond acceptors (Lipinski definition) is 4. The van der Waals surface area contributed by atoms with E-state index >= 15 is 0 Å². The molecule has 6 nitrogen and oxygen atoms in total. The van der Waals surface area contributed by atoms with Crippen LogP contribution in [0.4, 0.5) is 11.5 Å². The number of nitrogens with one attached hydrogen (secondary N) is 1. The molecule has 0 atom stereocenters. The molecule has 0 unspecified atom stereocenters. The highest BCUT2D eigenvalue weighted by atomic mass is 35.5. The van der Waals surface area contributed by atoms with Crippen molar-refractivity contribution in [3.8, 4) is 0 Å². The number of rotatable bonds is 3. The predicted molar refractivity (Wildman–Crippen MR) is 98.1 cm³/mol. The van der Waals surface area contributed by atoms with E-state index in [9.17, 15) is 9.59 Å². The fraction of sp³-hybridized carbons (Fsp3) is 0.278. The number of piperazine rings is 1. The minimum Gasteiger partial charge on any atom is -0.353 e. The van der Waals surface area contributed by atoms with Gasteiger partial charge in [0.25, 0.3) is 5.91 Å². The van der Waals surface area contributed by atoms with E-state index in [0.29, 0.717) is 29.4 Å². The summed E-state index contributed by atoms with van der Waals surface area (Å²) in [6.45, 7) is 4.50. The van der Waals surface area contributed by atoms with E-state index in [4.69, 9.17) is 11.6 Å². The maximum Gasteiger partial charge on any atom is 0.255 e. The van der Waals surface area contributed by atoms with Crippen LogP contribution in [0.1, 0.15) is 17.3 Å². The van der Waals surface area contributed by atoms with Gasteiger partial charge in [0.05, 0.1) is 11.9 Å². The molecule has 0 aliphatic carbocycles. The Bertz CT molecular complexity index is 754. The van der Waals surface area contributed by atoms with Crippen LogP contribution in [0.25, 0.3) is 0 Å². The molecule has 25 heavy (non-hydrogen) atoms. The van der Waals surface area contributed by atoms with Gasteiger partial charge in [-0.1, -0.05) is 11.6 Å². The lowest BCUT2D eigenvalue weighted by atomic mass is 10.2. The van der Waals surface area contributed by atoms with E-state index in [0.717, 1.165) is 18.9 Å². The molecule has 1 saturated heterocycles. The van der Waals surface area contributed by atoms with E-state index in [2.05, 4.69) is 15.2 Å². The Kier molecular flexibility index (Phi) is 5.19. The SMILES string of the molecule is CC(=O)N1CCN(c2ccc(NC(=O)c3ccc(Cl)cc3)cn2)CC1. The Hall–Kier alpha value is -2.60. The maximum atomic E-state index is 12.2. The zero-order valence-corrected chi connectivity index (χ0v) is 14.7. The van der Waals surface area contributed by atoms with Crippen LogP contribution in [0.3, 0.4) is 0 Å². The van der Waals surface area contributed by atoms with Gasteiger partial charge in [-0.3, -0.25) is 9.59 Å². The summed E-state index contributed by atoms with van der Waals surface area (Å²) < 4.78 is 0. The van der Waals surface area contributed by atoms with Crippen LogP contribution in [0.2, 0.25) is 5.02 Å². The van der Waals surface area contributed by atoms with Gasteiger partial charge in [-0.15, -0.1) is 0 Å². The third-order valence-electron chi connectivity index (χ3n) is 4.16. The van der Waals surface area contributed by atoms with Crippen molar-refractivity contribution in [1.29, 1.82) is 0 Å². The van der Waals surface area contributed by atoms with Gasteiger partial charge in [-0.25, -0.2) is 4.98 Å². The van der Waals surface area contributed by atoms with Crippen molar-refractivity contribution in [3.63, 3.8) is 0 Å². The monoisotopic (exact) mass is 358 g/mol. The third kappa shape index (κ3) is 4.28. The molecule has 2 amide bonds. The molecule has 0 saturated carbocycles. The molecule has 3 rings (SSSR count). The molecule has 2 heterocycles. The summed E-state index contributed by atoms with van der Waals surface area (Å²) in [5.41, 5.74) is 1.17. The first kappa shape index (κ1) is 17.2. The van der Waals surface area contributed by atoms with Crippen LogP contribution < -0.4 is 10.2 Å². The van der Waals surface area contributed by atoms with Crippen LogP contribution in [0.5, 0.6) is 0 Å². The minimum absolute atomic E-state index is 0.105. The highest BCUT2D eigenvalue weighted by molar-refractivity contribution is 6.30. The summed E-state index contributed by atoms with van der Waals surface area (Å²) in [6.07, 6.45) is 1.64. The lowest BCUT2D eigenvalue weighted by Gasteiger charge is -2.34. The molecule has 1 fully saturated rings. The average molecular weight is 359 g/mol. The number of aromatic nitrogens is 1. The van der Waals surface area contributed by atoms with Gasteiger partial charge in [0.15, 0.2) is 0 Å². The van der Waals surface area contributed by atoms with Crippen molar-refractivity contribution in [3.05, 3.63) is 53.2 Å². The number of nitrogens with zero attached hydrogens (tertiary/aromatic N) is 3. The minimum atomic E-state index is -0.207. The third-order valence-corrected chi connectivity index (χ3v) is 4.41. The highest BCUT2D eigenvalue weighted by Crippen LogP contribution is 2.17. The molecule has 2 aromatic rings. The number of anilines is 2. The number of halogens is 1. The fourth-order valence-electron chi connectivity index (χ4n) is 2.70. The smallest absolute Gasteiger partial charge is 0.255 e. The Morgan fingerprint density at radius 2 is 1.72 bits per heavy atom. The first-order valence-corrected chi connectivity index (χ1v) is 8.44. The molecule has 0 radical (unpaired) electrons. The number of benzene rings is 1. The molecule has 0 bridgehead atoms. The normalized spacial score (nSPS) is 14.3. The standard InChI is InChI=1S/C18H19ClN4O2/c1-13(24)22-8-10-23(11-9-22)17-7-6-16(12-20-17)21-18(25)14-2-4-15(19)5-3-14/h2-7,12H,8-11H2,1H3,(H,21,25). The van der Waals surface area contributed by atoms with Gasteiger partial charge in [0, 0.05) is 43.7 Å². The van der Waals surface area contributed by atoms with E-state index in [1.54, 1.807) is 37.4 Å². The van der Waals surface area contributed by atoms with Gasteiger partial charge in [0.2, 0.25) is 5.91 Å². The van der Waals surface area contributed by atoms with Crippen molar-refractivity contribution >= 4 is 34.9 Å². The quantitative estimate of drug-likeness (QED) is 0.916. The second-order valence-electron chi connectivity index (χ2n) is 5.86. The van der Waals surface area contributed by atoms with Crippen molar-refractivity contribution in [2.45, 2.75) is 6.92 Å². The van der Waals surface area contributed by atoms with Crippen LogP contribution in [-0.4, -0.2) is 47.9 Å². The molecule has 1 aliphatic rings. The molecule has 130 valence electrons. The van der Waals surface area contributed by atoms with Gasteiger partial charge in [0.1, 0.15) is 5.82 Å². The molecular formula is C18H19ClN4O2. The Morgan fingerprint density at radius 1 is 1.04 bits per heavy atom. The van der Waals surface area contributed by atoms with Gasteiger partial charge >= 0.3 is 0 Å². The van der Waals surface area contributed by atoms with E-state index in [1.165, 1.54) is 0 Å². The van der Waals surface area contributed by atoms with Crippen LogP contribution in [0.15, 0.2) is 42.6 Å². The molecule has 1 N–H and O–H groups in total. The molecule has 0 spiro atoms. The molecule has 1 aromatic carbocycles. The Balaban J connectivity index is 1.60. The summed E-state index contributed by atoms with van der Waals surface area (Å²) >= 11 is 5.83. The molecular weight excluding hydrogens is 340 g/mol.